The number of nitrogen functional groups attached to an aromatic ring is 1. The molecule has 96 valence electrons. The number of hydrogen-bond acceptors (Lipinski definition) is 3. The minimum absolute atomic E-state index is 0.267. The monoisotopic (exact) mass is 309 g/mol. The SMILES string of the molecule is CC(C)n1ncc(N)c1COc1cccc(Br)c1. The molecule has 5 heteroatoms. The lowest BCUT2D eigenvalue weighted by molar-refractivity contribution is 0.288. The largest absolute Gasteiger partial charge is 0.487 e. The Bertz CT molecular complexity index is 537. The Kier molecular flexibility index (Phi) is 3.91. The van der Waals surface area contributed by atoms with Crippen molar-refractivity contribution in [1.82, 2.24) is 9.78 Å². The average Bonchev–Trinajstić information content (AvgIpc) is 2.68. The molecule has 0 unspecified atom stereocenters. The molecule has 0 saturated heterocycles. The van der Waals surface area contributed by atoms with Gasteiger partial charge >= 0.3 is 0 Å². The fraction of sp³-hybridized carbons (Fsp3) is 0.308. The van der Waals surface area contributed by atoms with Crippen molar-refractivity contribution in [1.29, 1.82) is 0 Å². The molecule has 0 radical (unpaired) electrons. The molecule has 0 aliphatic heterocycles. The number of benzene rings is 1. The van der Waals surface area contributed by atoms with E-state index in [1.54, 1.807) is 6.20 Å². The molecule has 0 aliphatic rings. The van der Waals surface area contributed by atoms with Crippen molar-refractivity contribution in [3.8, 4) is 5.75 Å². The summed E-state index contributed by atoms with van der Waals surface area (Å²) in [6.07, 6.45) is 1.67. The maximum absolute atomic E-state index is 5.90. The highest BCUT2D eigenvalue weighted by atomic mass is 79.9. The number of aromatic nitrogens is 2. The molecule has 0 saturated carbocycles. The fourth-order valence-electron chi connectivity index (χ4n) is 1.70. The van der Waals surface area contributed by atoms with Crippen molar-refractivity contribution in [2.45, 2.75) is 26.5 Å². The van der Waals surface area contributed by atoms with E-state index in [1.807, 2.05) is 28.9 Å². The predicted molar refractivity (Wildman–Crippen MR) is 75.5 cm³/mol. The minimum Gasteiger partial charge on any atom is -0.487 e. The summed E-state index contributed by atoms with van der Waals surface area (Å²) in [4.78, 5) is 0. The van der Waals surface area contributed by atoms with E-state index in [0.717, 1.165) is 15.9 Å². The van der Waals surface area contributed by atoms with Crippen molar-refractivity contribution in [2.24, 2.45) is 0 Å². The molecule has 1 heterocycles. The van der Waals surface area contributed by atoms with Crippen LogP contribution >= 0.6 is 15.9 Å². The van der Waals surface area contributed by atoms with Crippen molar-refractivity contribution in [3.63, 3.8) is 0 Å². The Hall–Kier alpha value is -1.49. The van der Waals surface area contributed by atoms with Gasteiger partial charge in [-0.25, -0.2) is 0 Å². The van der Waals surface area contributed by atoms with Gasteiger partial charge in [0, 0.05) is 10.5 Å². The van der Waals surface area contributed by atoms with Crippen molar-refractivity contribution < 1.29 is 4.74 Å². The average molecular weight is 310 g/mol. The lowest BCUT2D eigenvalue weighted by atomic mass is 10.3. The van der Waals surface area contributed by atoms with Crippen LogP contribution in [0, 0.1) is 0 Å². The van der Waals surface area contributed by atoms with Crippen molar-refractivity contribution in [3.05, 3.63) is 40.6 Å². The van der Waals surface area contributed by atoms with Crippen LogP contribution in [0.5, 0.6) is 5.75 Å². The maximum Gasteiger partial charge on any atom is 0.132 e. The quantitative estimate of drug-likeness (QED) is 0.942. The summed E-state index contributed by atoms with van der Waals surface area (Å²) < 4.78 is 8.61. The van der Waals surface area contributed by atoms with E-state index >= 15 is 0 Å². The predicted octanol–water partition coefficient (Wildman–Crippen LogP) is 3.39. The van der Waals surface area contributed by atoms with Gasteiger partial charge in [-0.2, -0.15) is 5.10 Å². The molecule has 0 fully saturated rings. The number of halogens is 1. The Labute approximate surface area is 115 Å². The van der Waals surface area contributed by atoms with E-state index < -0.39 is 0 Å². The van der Waals surface area contributed by atoms with E-state index in [-0.39, 0.29) is 6.04 Å². The highest BCUT2D eigenvalue weighted by Crippen LogP contribution is 2.21. The second-order valence-corrected chi connectivity index (χ2v) is 5.25. The molecule has 2 aromatic rings. The van der Waals surface area contributed by atoms with E-state index in [4.69, 9.17) is 10.5 Å². The van der Waals surface area contributed by atoms with Gasteiger partial charge in [0.15, 0.2) is 0 Å². The van der Waals surface area contributed by atoms with E-state index in [2.05, 4.69) is 34.9 Å². The fourth-order valence-corrected chi connectivity index (χ4v) is 2.08. The smallest absolute Gasteiger partial charge is 0.132 e. The lowest BCUT2D eigenvalue weighted by Gasteiger charge is -2.12. The highest BCUT2D eigenvalue weighted by molar-refractivity contribution is 9.10. The number of rotatable bonds is 4. The molecule has 0 spiro atoms. The summed E-state index contributed by atoms with van der Waals surface area (Å²) in [5.74, 6) is 0.806. The number of hydrogen-bond donors (Lipinski definition) is 1. The molecule has 0 bridgehead atoms. The van der Waals surface area contributed by atoms with Crippen LogP contribution in [-0.4, -0.2) is 9.78 Å². The summed E-state index contributed by atoms with van der Waals surface area (Å²) in [6.45, 7) is 4.55. The van der Waals surface area contributed by atoms with E-state index in [9.17, 15) is 0 Å². The van der Waals surface area contributed by atoms with Gasteiger partial charge in [0.2, 0.25) is 0 Å². The molecule has 2 N–H and O–H groups in total. The standard InChI is InChI=1S/C13H16BrN3O/c1-9(2)17-13(12(15)7-16-17)8-18-11-5-3-4-10(14)6-11/h3-7,9H,8,15H2,1-2H3. The maximum atomic E-state index is 5.90. The molecule has 1 aromatic carbocycles. The van der Waals surface area contributed by atoms with Crippen LogP contribution in [0.2, 0.25) is 0 Å². The second kappa shape index (κ2) is 5.44. The Morgan fingerprint density at radius 2 is 2.22 bits per heavy atom. The van der Waals surface area contributed by atoms with Crippen LogP contribution in [0.1, 0.15) is 25.6 Å². The molecule has 0 aliphatic carbocycles. The van der Waals surface area contributed by atoms with Crippen molar-refractivity contribution in [2.75, 3.05) is 5.73 Å². The molecule has 0 atom stereocenters. The van der Waals surface area contributed by atoms with E-state index in [1.165, 1.54) is 0 Å². The first-order chi connectivity index (χ1) is 8.58. The first-order valence-corrected chi connectivity index (χ1v) is 6.57. The van der Waals surface area contributed by atoms with Crippen LogP contribution in [-0.2, 0) is 6.61 Å². The van der Waals surface area contributed by atoms with Gasteiger partial charge in [0.25, 0.3) is 0 Å². The number of anilines is 1. The molecule has 1 aromatic heterocycles. The normalized spacial score (nSPS) is 10.9. The first kappa shape index (κ1) is 13.0. The van der Waals surface area contributed by atoms with Crippen LogP contribution in [0.4, 0.5) is 5.69 Å². The van der Waals surface area contributed by atoms with Gasteiger partial charge in [0.1, 0.15) is 12.4 Å². The van der Waals surface area contributed by atoms with E-state index in [0.29, 0.717) is 12.3 Å². The number of ether oxygens (including phenoxy) is 1. The zero-order chi connectivity index (χ0) is 13.1. The second-order valence-electron chi connectivity index (χ2n) is 4.33. The molecular weight excluding hydrogens is 294 g/mol. The minimum atomic E-state index is 0.267. The Balaban J connectivity index is 2.13. The van der Waals surface area contributed by atoms with Gasteiger partial charge in [-0.05, 0) is 32.0 Å². The first-order valence-electron chi connectivity index (χ1n) is 5.78. The summed E-state index contributed by atoms with van der Waals surface area (Å²) in [7, 11) is 0. The van der Waals surface area contributed by atoms with Gasteiger partial charge in [-0.1, -0.05) is 22.0 Å². The summed E-state index contributed by atoms with van der Waals surface area (Å²) in [5.41, 5.74) is 7.47. The molecular formula is C13H16BrN3O. The molecule has 2 rings (SSSR count). The third-order valence-corrected chi connectivity index (χ3v) is 3.09. The lowest BCUT2D eigenvalue weighted by Crippen LogP contribution is -2.11. The summed E-state index contributed by atoms with van der Waals surface area (Å²) >= 11 is 3.41. The summed E-state index contributed by atoms with van der Waals surface area (Å²) in [6, 6.07) is 7.99. The Morgan fingerprint density at radius 3 is 2.89 bits per heavy atom. The molecule has 4 nitrogen and oxygen atoms in total. The van der Waals surface area contributed by atoms with Gasteiger partial charge in [-0.3, -0.25) is 4.68 Å². The van der Waals surface area contributed by atoms with Gasteiger partial charge in [-0.15, -0.1) is 0 Å². The number of nitrogens with two attached hydrogens (primary N) is 1. The van der Waals surface area contributed by atoms with Crippen molar-refractivity contribution >= 4 is 21.6 Å². The van der Waals surface area contributed by atoms with Crippen LogP contribution in [0.25, 0.3) is 0 Å². The van der Waals surface area contributed by atoms with Crippen LogP contribution in [0.3, 0.4) is 0 Å². The highest BCUT2D eigenvalue weighted by Gasteiger charge is 2.11. The Morgan fingerprint density at radius 1 is 1.44 bits per heavy atom. The summed E-state index contributed by atoms with van der Waals surface area (Å²) in [5, 5.41) is 4.25. The van der Waals surface area contributed by atoms with Gasteiger partial charge in [0.05, 0.1) is 17.6 Å². The number of nitrogens with zero attached hydrogens (tertiary/aromatic N) is 2. The molecule has 18 heavy (non-hydrogen) atoms. The zero-order valence-corrected chi connectivity index (χ0v) is 12.0. The van der Waals surface area contributed by atoms with Crippen LogP contribution in [0.15, 0.2) is 34.9 Å². The zero-order valence-electron chi connectivity index (χ0n) is 10.4. The third kappa shape index (κ3) is 2.85. The molecule has 0 amide bonds. The third-order valence-electron chi connectivity index (χ3n) is 2.59. The van der Waals surface area contributed by atoms with Crippen LogP contribution < -0.4 is 10.5 Å². The topological polar surface area (TPSA) is 53.1 Å². The van der Waals surface area contributed by atoms with Gasteiger partial charge < -0.3 is 10.5 Å².